The number of halogens is 1. The van der Waals surface area contributed by atoms with E-state index in [4.69, 9.17) is 22.1 Å². The molecule has 0 saturated heterocycles. The zero-order valence-electron chi connectivity index (χ0n) is 10.6. The van der Waals surface area contributed by atoms with Crippen molar-refractivity contribution < 1.29 is 14.6 Å². The second-order valence-electron chi connectivity index (χ2n) is 4.55. The van der Waals surface area contributed by atoms with E-state index in [2.05, 4.69) is 5.32 Å². The predicted octanol–water partition coefficient (Wildman–Crippen LogP) is 1.28. The molecular weight excluding hydrogens is 268 g/mol. The van der Waals surface area contributed by atoms with Crippen LogP contribution in [0.2, 0.25) is 5.02 Å². The zero-order valence-corrected chi connectivity index (χ0v) is 11.4. The van der Waals surface area contributed by atoms with E-state index >= 15 is 0 Å². The highest BCUT2D eigenvalue weighted by Gasteiger charge is 2.40. The third-order valence-electron chi connectivity index (χ3n) is 3.25. The van der Waals surface area contributed by atoms with Crippen molar-refractivity contribution >= 4 is 17.5 Å². The van der Waals surface area contributed by atoms with Crippen molar-refractivity contribution in [2.75, 3.05) is 6.61 Å². The molecule has 104 valence electrons. The van der Waals surface area contributed by atoms with Gasteiger partial charge < -0.3 is 20.9 Å². The number of aromatic hydroxyl groups is 1. The lowest BCUT2D eigenvalue weighted by Gasteiger charge is -2.42. The zero-order chi connectivity index (χ0) is 14.0. The number of carbonyl (C=O) groups excluding carboxylic acids is 1. The van der Waals surface area contributed by atoms with Crippen LogP contribution in [0, 0.1) is 0 Å². The average molecular weight is 285 g/mol. The van der Waals surface area contributed by atoms with Gasteiger partial charge in [0.25, 0.3) is 5.91 Å². The normalized spacial score (nSPS) is 25.7. The first-order valence-corrected chi connectivity index (χ1v) is 6.57. The van der Waals surface area contributed by atoms with Crippen LogP contribution in [0.3, 0.4) is 0 Å². The van der Waals surface area contributed by atoms with Crippen LogP contribution < -0.4 is 11.1 Å². The SMILES string of the molecule is CCOC1CC(N)C1NC(=O)c1ccc(Cl)cc1O. The fourth-order valence-corrected chi connectivity index (χ4v) is 2.32. The predicted molar refractivity (Wildman–Crippen MR) is 72.4 cm³/mol. The van der Waals surface area contributed by atoms with E-state index < -0.39 is 0 Å². The number of benzene rings is 1. The van der Waals surface area contributed by atoms with Gasteiger partial charge in [0.15, 0.2) is 0 Å². The molecule has 1 aliphatic rings. The van der Waals surface area contributed by atoms with Crippen molar-refractivity contribution in [3.05, 3.63) is 28.8 Å². The van der Waals surface area contributed by atoms with E-state index in [9.17, 15) is 9.90 Å². The van der Waals surface area contributed by atoms with E-state index in [1.54, 1.807) is 6.07 Å². The third-order valence-corrected chi connectivity index (χ3v) is 3.48. The largest absolute Gasteiger partial charge is 0.507 e. The molecule has 0 aromatic heterocycles. The fraction of sp³-hybridized carbons (Fsp3) is 0.462. The van der Waals surface area contributed by atoms with Crippen LogP contribution >= 0.6 is 11.6 Å². The molecule has 1 amide bonds. The number of hydrogen-bond donors (Lipinski definition) is 3. The number of rotatable bonds is 4. The summed E-state index contributed by atoms with van der Waals surface area (Å²) in [5.74, 6) is -0.523. The molecule has 1 saturated carbocycles. The first-order chi connectivity index (χ1) is 9.02. The Hall–Kier alpha value is -1.30. The molecule has 5 nitrogen and oxygen atoms in total. The minimum Gasteiger partial charge on any atom is -0.507 e. The van der Waals surface area contributed by atoms with Gasteiger partial charge in [0.2, 0.25) is 0 Å². The number of ether oxygens (including phenoxy) is 1. The lowest BCUT2D eigenvalue weighted by Crippen LogP contribution is -2.64. The first kappa shape index (κ1) is 14.1. The second-order valence-corrected chi connectivity index (χ2v) is 4.99. The van der Waals surface area contributed by atoms with Gasteiger partial charge in [0.1, 0.15) is 5.75 Å². The highest BCUT2D eigenvalue weighted by Crippen LogP contribution is 2.25. The molecule has 0 aliphatic heterocycles. The van der Waals surface area contributed by atoms with Gasteiger partial charge in [-0.3, -0.25) is 4.79 Å². The second kappa shape index (κ2) is 5.77. The number of carbonyl (C=O) groups is 1. The Labute approximate surface area is 116 Å². The highest BCUT2D eigenvalue weighted by atomic mass is 35.5. The minimum atomic E-state index is -0.376. The maximum Gasteiger partial charge on any atom is 0.255 e. The van der Waals surface area contributed by atoms with Crippen LogP contribution in [0.25, 0.3) is 0 Å². The Kier molecular flexibility index (Phi) is 4.29. The van der Waals surface area contributed by atoms with Crippen LogP contribution in [-0.2, 0) is 4.74 Å². The summed E-state index contributed by atoms with van der Waals surface area (Å²) in [5.41, 5.74) is 6.03. The average Bonchev–Trinajstić information content (AvgIpc) is 2.35. The molecule has 1 aromatic carbocycles. The molecule has 2 rings (SSSR count). The smallest absolute Gasteiger partial charge is 0.255 e. The number of phenolic OH excluding ortho intramolecular Hbond substituents is 1. The molecule has 1 aliphatic carbocycles. The molecular formula is C13H17ClN2O3. The minimum absolute atomic E-state index is 0.0570. The van der Waals surface area contributed by atoms with Crippen LogP contribution in [0.15, 0.2) is 18.2 Å². The molecule has 3 unspecified atom stereocenters. The van der Waals surface area contributed by atoms with Crippen LogP contribution in [-0.4, -0.2) is 35.8 Å². The van der Waals surface area contributed by atoms with E-state index in [0.29, 0.717) is 11.6 Å². The van der Waals surface area contributed by atoms with Gasteiger partial charge in [0.05, 0.1) is 17.7 Å². The standard InChI is InChI=1S/C13H17ClN2O3/c1-2-19-11-6-9(15)12(11)16-13(18)8-4-3-7(14)5-10(8)17/h3-5,9,11-12,17H,2,6,15H2,1H3,(H,16,18). The quantitative estimate of drug-likeness (QED) is 0.778. The van der Waals surface area contributed by atoms with Gasteiger partial charge in [-0.05, 0) is 31.5 Å². The third kappa shape index (κ3) is 3.00. The molecule has 19 heavy (non-hydrogen) atoms. The van der Waals surface area contributed by atoms with Gasteiger partial charge in [0, 0.05) is 17.7 Å². The summed E-state index contributed by atoms with van der Waals surface area (Å²) < 4.78 is 5.47. The topological polar surface area (TPSA) is 84.6 Å². The monoisotopic (exact) mass is 284 g/mol. The molecule has 0 spiro atoms. The van der Waals surface area contributed by atoms with E-state index in [1.165, 1.54) is 12.1 Å². The highest BCUT2D eigenvalue weighted by molar-refractivity contribution is 6.30. The van der Waals surface area contributed by atoms with Gasteiger partial charge in [-0.25, -0.2) is 0 Å². The number of phenols is 1. The summed E-state index contributed by atoms with van der Waals surface area (Å²) in [6.07, 6.45) is 0.671. The molecule has 0 heterocycles. The fourth-order valence-electron chi connectivity index (χ4n) is 2.15. The Balaban J connectivity index is 2.04. The van der Waals surface area contributed by atoms with E-state index in [1.807, 2.05) is 6.92 Å². The number of amides is 1. The molecule has 4 N–H and O–H groups in total. The van der Waals surface area contributed by atoms with Crippen molar-refractivity contribution in [1.29, 1.82) is 0 Å². The van der Waals surface area contributed by atoms with Gasteiger partial charge in [-0.2, -0.15) is 0 Å². The summed E-state index contributed by atoms with van der Waals surface area (Å²) in [6.45, 7) is 2.48. The summed E-state index contributed by atoms with van der Waals surface area (Å²) in [4.78, 5) is 12.1. The van der Waals surface area contributed by atoms with Gasteiger partial charge in [-0.1, -0.05) is 11.6 Å². The number of hydrogen-bond acceptors (Lipinski definition) is 4. The molecule has 6 heteroatoms. The van der Waals surface area contributed by atoms with Crippen molar-refractivity contribution in [2.45, 2.75) is 31.5 Å². The first-order valence-electron chi connectivity index (χ1n) is 6.19. The van der Waals surface area contributed by atoms with Crippen LogP contribution in [0.1, 0.15) is 23.7 Å². The van der Waals surface area contributed by atoms with Crippen molar-refractivity contribution in [3.8, 4) is 5.75 Å². The molecule has 1 fully saturated rings. The Bertz CT molecular complexity index is 479. The molecule has 1 aromatic rings. The maximum atomic E-state index is 12.1. The maximum absolute atomic E-state index is 12.1. The number of nitrogens with one attached hydrogen (secondary N) is 1. The summed E-state index contributed by atoms with van der Waals surface area (Å²) in [6, 6.07) is 4.03. The summed E-state index contributed by atoms with van der Waals surface area (Å²) in [5, 5.41) is 12.9. The molecule has 3 atom stereocenters. The lowest BCUT2D eigenvalue weighted by atomic mass is 9.83. The van der Waals surface area contributed by atoms with Gasteiger partial charge in [-0.15, -0.1) is 0 Å². The molecule has 0 bridgehead atoms. The lowest BCUT2D eigenvalue weighted by molar-refractivity contribution is -0.0300. The summed E-state index contributed by atoms with van der Waals surface area (Å²) in [7, 11) is 0. The van der Waals surface area contributed by atoms with E-state index in [0.717, 1.165) is 6.42 Å². The van der Waals surface area contributed by atoms with E-state index in [-0.39, 0.29) is 35.4 Å². The Morgan fingerprint density at radius 1 is 1.63 bits per heavy atom. The van der Waals surface area contributed by atoms with Crippen molar-refractivity contribution in [2.24, 2.45) is 5.73 Å². The van der Waals surface area contributed by atoms with Crippen molar-refractivity contribution in [3.63, 3.8) is 0 Å². The van der Waals surface area contributed by atoms with Crippen LogP contribution in [0.5, 0.6) is 5.75 Å². The van der Waals surface area contributed by atoms with Crippen LogP contribution in [0.4, 0.5) is 0 Å². The number of nitrogens with two attached hydrogens (primary N) is 1. The van der Waals surface area contributed by atoms with Crippen molar-refractivity contribution in [1.82, 2.24) is 5.32 Å². The molecule has 0 radical (unpaired) electrons. The Morgan fingerprint density at radius 2 is 2.37 bits per heavy atom. The Morgan fingerprint density at radius 3 is 2.95 bits per heavy atom. The summed E-state index contributed by atoms with van der Waals surface area (Å²) >= 11 is 5.72. The van der Waals surface area contributed by atoms with Gasteiger partial charge >= 0.3 is 0 Å².